The van der Waals surface area contributed by atoms with Crippen molar-refractivity contribution >= 4 is 17.9 Å². The first kappa shape index (κ1) is 30.9. The number of fused-ring (bicyclic) bond motifs is 1. The molecule has 0 bridgehead atoms. The van der Waals surface area contributed by atoms with E-state index in [9.17, 15) is 14.4 Å². The summed E-state index contributed by atoms with van der Waals surface area (Å²) >= 11 is 0. The van der Waals surface area contributed by atoms with Crippen molar-refractivity contribution in [3.8, 4) is 22.6 Å². The summed E-state index contributed by atoms with van der Waals surface area (Å²) in [4.78, 5) is 44.0. The van der Waals surface area contributed by atoms with Gasteiger partial charge in [0.05, 0.1) is 31.0 Å². The summed E-state index contributed by atoms with van der Waals surface area (Å²) in [6.07, 6.45) is 2.10. The monoisotopic (exact) mass is 638 g/mol. The van der Waals surface area contributed by atoms with Gasteiger partial charge < -0.3 is 19.9 Å². The summed E-state index contributed by atoms with van der Waals surface area (Å²) in [6, 6.07) is 21.2. The molecule has 240 valence electrons. The number of aromatic nitrogens is 6. The molecule has 3 aromatic carbocycles. The normalized spacial score (nSPS) is 13.0. The number of carboxylic acid groups (broad SMARTS) is 1. The molecule has 3 heterocycles. The second kappa shape index (κ2) is 13.9. The van der Waals surface area contributed by atoms with Crippen LogP contribution < -0.4 is 14.8 Å². The number of aryl methyl sites for hydroxylation is 1. The van der Waals surface area contributed by atoms with Crippen molar-refractivity contribution in [3.05, 3.63) is 108 Å². The van der Waals surface area contributed by atoms with Crippen LogP contribution in [0, 0.1) is 0 Å². The molecule has 0 aliphatic carbocycles. The van der Waals surface area contributed by atoms with E-state index in [-0.39, 0.29) is 23.6 Å². The Kier molecular flexibility index (Phi) is 9.15. The van der Waals surface area contributed by atoms with Gasteiger partial charge in [0.15, 0.2) is 6.10 Å². The van der Waals surface area contributed by atoms with Gasteiger partial charge in [-0.15, -0.1) is 15.3 Å². The largest absolute Gasteiger partial charge is 0.497 e. The third-order valence-corrected chi connectivity index (χ3v) is 7.29. The molecular formula is C32H30N8O7. The van der Waals surface area contributed by atoms with Gasteiger partial charge in [-0.25, -0.2) is 9.63 Å². The van der Waals surface area contributed by atoms with Gasteiger partial charge in [0.25, 0.3) is 11.8 Å². The summed E-state index contributed by atoms with van der Waals surface area (Å²) in [5, 5.41) is 28.8. The highest BCUT2D eigenvalue weighted by Crippen LogP contribution is 2.28. The van der Waals surface area contributed by atoms with Crippen LogP contribution in [0.15, 0.2) is 85.2 Å². The Morgan fingerprint density at radius 3 is 2.32 bits per heavy atom. The number of carbonyl (C=O) groups excluding carboxylic acids is 2. The van der Waals surface area contributed by atoms with E-state index in [2.05, 4.69) is 25.8 Å². The first-order valence-corrected chi connectivity index (χ1v) is 14.7. The van der Waals surface area contributed by atoms with Crippen LogP contribution in [-0.2, 0) is 17.9 Å². The van der Waals surface area contributed by atoms with Crippen LogP contribution in [0.4, 0.5) is 4.79 Å². The Labute approximate surface area is 268 Å². The van der Waals surface area contributed by atoms with Crippen LogP contribution in [-0.4, -0.2) is 78.3 Å². The number of hydrogen-bond acceptors (Lipinski definition) is 10. The SMILES string of the molecule is COc1ccc(Cn2nnc(C(COc3ccc(-c4cnn(CCCNC(=O)O)c4)cc3)ON3C(=O)c4ccccc4C3=O)n2)cc1. The number of ether oxygens (including phenoxy) is 2. The van der Waals surface area contributed by atoms with Crippen molar-refractivity contribution in [2.24, 2.45) is 0 Å². The maximum absolute atomic E-state index is 13.1. The number of hydroxylamine groups is 2. The molecule has 0 saturated heterocycles. The smallest absolute Gasteiger partial charge is 0.404 e. The molecule has 1 aliphatic rings. The molecule has 2 N–H and O–H groups in total. The molecule has 15 heteroatoms. The van der Waals surface area contributed by atoms with Gasteiger partial charge in [0.1, 0.15) is 18.1 Å². The zero-order valence-corrected chi connectivity index (χ0v) is 25.2. The first-order valence-electron chi connectivity index (χ1n) is 14.7. The van der Waals surface area contributed by atoms with Gasteiger partial charge in [-0.3, -0.25) is 14.3 Å². The Bertz CT molecular complexity index is 1840. The predicted octanol–water partition coefficient (Wildman–Crippen LogP) is 3.60. The molecule has 0 fully saturated rings. The van der Waals surface area contributed by atoms with Crippen LogP contribution in [0.25, 0.3) is 11.1 Å². The van der Waals surface area contributed by atoms with Crippen molar-refractivity contribution < 1.29 is 33.8 Å². The first-order chi connectivity index (χ1) is 22.9. The van der Waals surface area contributed by atoms with Crippen LogP contribution >= 0.6 is 0 Å². The molecule has 47 heavy (non-hydrogen) atoms. The number of rotatable bonds is 14. The quantitative estimate of drug-likeness (QED) is 0.134. The molecule has 1 aliphatic heterocycles. The summed E-state index contributed by atoms with van der Waals surface area (Å²) in [5.41, 5.74) is 3.17. The maximum atomic E-state index is 13.1. The van der Waals surface area contributed by atoms with Crippen molar-refractivity contribution in [1.82, 2.24) is 40.4 Å². The van der Waals surface area contributed by atoms with Gasteiger partial charge in [0.2, 0.25) is 5.82 Å². The van der Waals surface area contributed by atoms with E-state index in [1.807, 2.05) is 42.6 Å². The minimum Gasteiger partial charge on any atom is -0.497 e. The van der Waals surface area contributed by atoms with Crippen molar-refractivity contribution in [2.45, 2.75) is 25.6 Å². The topological polar surface area (TPSA) is 176 Å². The number of tetrazole rings is 1. The Morgan fingerprint density at radius 2 is 1.64 bits per heavy atom. The van der Waals surface area contributed by atoms with Crippen LogP contribution in [0.2, 0.25) is 0 Å². The molecular weight excluding hydrogens is 608 g/mol. The second-order valence-electron chi connectivity index (χ2n) is 10.5. The highest BCUT2D eigenvalue weighted by Gasteiger charge is 2.39. The zero-order valence-electron chi connectivity index (χ0n) is 25.2. The summed E-state index contributed by atoms with van der Waals surface area (Å²) < 4.78 is 13.0. The molecule has 0 saturated carbocycles. The van der Waals surface area contributed by atoms with Gasteiger partial charge >= 0.3 is 6.09 Å². The minimum absolute atomic E-state index is 0.123. The number of nitrogens with zero attached hydrogens (tertiary/aromatic N) is 7. The Morgan fingerprint density at radius 1 is 0.936 bits per heavy atom. The fourth-order valence-electron chi connectivity index (χ4n) is 4.87. The molecule has 15 nitrogen and oxygen atoms in total. The lowest BCUT2D eigenvalue weighted by Crippen LogP contribution is -2.34. The molecule has 2 aromatic heterocycles. The Hall–Kier alpha value is -6.09. The molecule has 0 spiro atoms. The average molecular weight is 639 g/mol. The second-order valence-corrected chi connectivity index (χ2v) is 10.5. The maximum Gasteiger partial charge on any atom is 0.404 e. The minimum atomic E-state index is -1.06. The zero-order chi connectivity index (χ0) is 32.8. The number of amides is 3. The molecule has 1 atom stereocenters. The van der Waals surface area contributed by atoms with Crippen molar-refractivity contribution in [1.29, 1.82) is 0 Å². The number of nitrogens with one attached hydrogen (secondary N) is 1. The number of carbonyl (C=O) groups is 3. The van der Waals surface area contributed by atoms with Crippen LogP contribution in [0.3, 0.4) is 0 Å². The van der Waals surface area contributed by atoms with Gasteiger partial charge in [0, 0.05) is 24.8 Å². The molecule has 1 unspecified atom stereocenters. The standard InChI is InChI=1S/C32H30N8O7/c1-45-24-11-7-21(8-12-24)18-39-36-29(35-37-39)28(47-40-30(41)26-5-2-3-6-27(26)31(40)42)20-46-25-13-9-22(10-14-25)23-17-34-38(19-23)16-4-15-33-32(43)44/h2-3,5-14,17,19,28,33H,4,15-16,18,20H2,1H3,(H,43,44). The van der Waals surface area contributed by atoms with Crippen LogP contribution in [0.5, 0.6) is 11.5 Å². The lowest BCUT2D eigenvalue weighted by molar-refractivity contribution is -0.146. The summed E-state index contributed by atoms with van der Waals surface area (Å²) in [7, 11) is 1.59. The van der Waals surface area contributed by atoms with Gasteiger partial charge in [-0.2, -0.15) is 9.90 Å². The van der Waals surface area contributed by atoms with E-state index < -0.39 is 24.0 Å². The predicted molar refractivity (Wildman–Crippen MR) is 164 cm³/mol. The highest BCUT2D eigenvalue weighted by molar-refractivity contribution is 6.20. The van der Waals surface area contributed by atoms with E-state index >= 15 is 0 Å². The van der Waals surface area contributed by atoms with Crippen LogP contribution in [0.1, 0.15) is 44.6 Å². The Balaban J connectivity index is 1.14. The van der Waals surface area contributed by atoms with Gasteiger partial charge in [-0.1, -0.05) is 36.4 Å². The molecule has 0 radical (unpaired) electrons. The average Bonchev–Trinajstić information content (AvgIpc) is 3.82. The summed E-state index contributed by atoms with van der Waals surface area (Å²) in [5.74, 6) is 0.159. The van der Waals surface area contributed by atoms with Crippen molar-refractivity contribution in [2.75, 3.05) is 20.3 Å². The van der Waals surface area contributed by atoms with E-state index in [0.717, 1.165) is 22.4 Å². The third-order valence-electron chi connectivity index (χ3n) is 7.29. The molecule has 3 amide bonds. The molecule has 5 aromatic rings. The lowest BCUT2D eigenvalue weighted by Gasteiger charge is -2.20. The number of imide groups is 1. The fourth-order valence-corrected chi connectivity index (χ4v) is 4.87. The highest BCUT2D eigenvalue weighted by atomic mass is 16.7. The van der Waals surface area contributed by atoms with E-state index in [0.29, 0.717) is 36.9 Å². The van der Waals surface area contributed by atoms with Crippen molar-refractivity contribution in [3.63, 3.8) is 0 Å². The lowest BCUT2D eigenvalue weighted by atomic mass is 10.1. The third kappa shape index (κ3) is 7.26. The number of benzene rings is 3. The molecule has 6 rings (SSSR count). The van der Waals surface area contributed by atoms with E-state index in [4.69, 9.17) is 19.4 Å². The van der Waals surface area contributed by atoms with E-state index in [1.54, 1.807) is 54.4 Å². The van der Waals surface area contributed by atoms with E-state index in [1.165, 1.54) is 4.80 Å². The fraction of sp³-hybridized carbons (Fsp3) is 0.219. The number of hydrogen-bond donors (Lipinski definition) is 2. The summed E-state index contributed by atoms with van der Waals surface area (Å²) in [6.45, 7) is 1.08. The number of methoxy groups -OCH3 is 1. The van der Waals surface area contributed by atoms with Gasteiger partial charge in [-0.05, 0) is 59.2 Å².